The zero-order valence-electron chi connectivity index (χ0n) is 10.5. The normalized spacial score (nSPS) is 22.2. The third-order valence-corrected chi connectivity index (χ3v) is 4.72. The predicted octanol–water partition coefficient (Wildman–Crippen LogP) is 2.57. The quantitative estimate of drug-likeness (QED) is 0.932. The van der Waals surface area contributed by atoms with Crippen LogP contribution in [-0.2, 0) is 9.84 Å². The maximum Gasteiger partial charge on any atom is 0.573 e. The van der Waals surface area contributed by atoms with Crippen molar-refractivity contribution >= 4 is 15.5 Å². The van der Waals surface area contributed by atoms with Gasteiger partial charge in [0.15, 0.2) is 9.84 Å². The second-order valence-corrected chi connectivity index (χ2v) is 6.90. The van der Waals surface area contributed by atoms with Crippen LogP contribution in [-0.4, -0.2) is 32.3 Å². The first-order valence-electron chi connectivity index (χ1n) is 6.06. The van der Waals surface area contributed by atoms with Crippen LogP contribution < -0.4 is 10.1 Å². The van der Waals surface area contributed by atoms with Gasteiger partial charge in [-0.05, 0) is 25.0 Å². The third kappa shape index (κ3) is 4.59. The van der Waals surface area contributed by atoms with E-state index in [1.807, 2.05) is 0 Å². The molecule has 0 aliphatic carbocycles. The highest BCUT2D eigenvalue weighted by Crippen LogP contribution is 2.26. The highest BCUT2D eigenvalue weighted by atomic mass is 32.2. The van der Waals surface area contributed by atoms with E-state index in [-0.39, 0.29) is 23.3 Å². The minimum Gasteiger partial charge on any atom is -0.406 e. The molecule has 0 radical (unpaired) electrons. The van der Waals surface area contributed by atoms with E-state index in [0.717, 1.165) is 0 Å². The summed E-state index contributed by atoms with van der Waals surface area (Å²) in [5, 5.41) is 2.94. The summed E-state index contributed by atoms with van der Waals surface area (Å²) in [4.78, 5) is 0. The van der Waals surface area contributed by atoms with E-state index < -0.39 is 16.2 Å². The standard InChI is InChI=1S/C12H14F3NO3S/c13-12(14,15)19-11-5-1-3-9(7-11)16-10-4-2-6-20(17,18)8-10/h1,3,5,7,10,16H,2,4,6,8H2. The Balaban J connectivity index is 2.04. The summed E-state index contributed by atoms with van der Waals surface area (Å²) in [6.45, 7) is 0. The molecular formula is C12H14F3NO3S. The van der Waals surface area contributed by atoms with Crippen molar-refractivity contribution in [2.45, 2.75) is 25.2 Å². The number of rotatable bonds is 3. The number of benzene rings is 1. The lowest BCUT2D eigenvalue weighted by Crippen LogP contribution is -2.34. The molecule has 1 unspecified atom stereocenters. The van der Waals surface area contributed by atoms with Gasteiger partial charge >= 0.3 is 6.36 Å². The fraction of sp³-hybridized carbons (Fsp3) is 0.500. The highest BCUT2D eigenvalue weighted by Gasteiger charge is 2.31. The number of nitrogens with one attached hydrogen (secondary N) is 1. The lowest BCUT2D eigenvalue weighted by Gasteiger charge is -2.24. The van der Waals surface area contributed by atoms with Crippen molar-refractivity contribution in [1.29, 1.82) is 0 Å². The van der Waals surface area contributed by atoms with Crippen molar-refractivity contribution in [2.75, 3.05) is 16.8 Å². The van der Waals surface area contributed by atoms with Crippen LogP contribution in [0.25, 0.3) is 0 Å². The summed E-state index contributed by atoms with van der Waals surface area (Å²) in [5.74, 6) is -0.166. The molecule has 20 heavy (non-hydrogen) atoms. The molecule has 1 aromatic rings. The monoisotopic (exact) mass is 309 g/mol. The van der Waals surface area contributed by atoms with Crippen molar-refractivity contribution in [1.82, 2.24) is 0 Å². The van der Waals surface area contributed by atoms with E-state index in [0.29, 0.717) is 18.5 Å². The Kier molecular flexibility index (Phi) is 4.12. The summed E-state index contributed by atoms with van der Waals surface area (Å²) in [5.41, 5.74) is 0.411. The minimum atomic E-state index is -4.74. The van der Waals surface area contributed by atoms with Gasteiger partial charge in [-0.1, -0.05) is 6.07 Å². The Hall–Kier alpha value is -1.44. The van der Waals surface area contributed by atoms with Crippen LogP contribution in [0.2, 0.25) is 0 Å². The Labute approximate surface area is 114 Å². The van der Waals surface area contributed by atoms with Crippen molar-refractivity contribution in [3.05, 3.63) is 24.3 Å². The van der Waals surface area contributed by atoms with E-state index in [2.05, 4.69) is 10.1 Å². The van der Waals surface area contributed by atoms with Gasteiger partial charge in [0.25, 0.3) is 0 Å². The van der Waals surface area contributed by atoms with Gasteiger partial charge in [0.05, 0.1) is 11.5 Å². The molecule has 8 heteroatoms. The summed E-state index contributed by atoms with van der Waals surface area (Å²) in [6.07, 6.45) is -3.52. The number of alkyl halides is 3. The first kappa shape index (κ1) is 15.0. The molecule has 0 amide bonds. The molecule has 1 aliphatic heterocycles. The van der Waals surface area contributed by atoms with Gasteiger partial charge in [-0.2, -0.15) is 0 Å². The second-order valence-electron chi connectivity index (χ2n) is 4.67. The summed E-state index contributed by atoms with van der Waals surface area (Å²) < 4.78 is 63.1. The van der Waals surface area contributed by atoms with Crippen molar-refractivity contribution in [2.24, 2.45) is 0 Å². The lowest BCUT2D eigenvalue weighted by molar-refractivity contribution is -0.274. The topological polar surface area (TPSA) is 55.4 Å². The SMILES string of the molecule is O=S1(=O)CCCC(Nc2cccc(OC(F)(F)F)c2)C1. The summed E-state index contributed by atoms with van der Waals surface area (Å²) >= 11 is 0. The van der Waals surface area contributed by atoms with Crippen LogP contribution in [0, 0.1) is 0 Å². The highest BCUT2D eigenvalue weighted by molar-refractivity contribution is 7.91. The van der Waals surface area contributed by atoms with Gasteiger partial charge in [-0.15, -0.1) is 13.2 Å². The molecule has 0 saturated carbocycles. The molecule has 1 heterocycles. The first-order chi connectivity index (χ1) is 9.23. The largest absolute Gasteiger partial charge is 0.573 e. The molecule has 1 aliphatic rings. The zero-order chi connectivity index (χ0) is 14.8. The second kappa shape index (κ2) is 5.51. The number of ether oxygens (including phenoxy) is 1. The van der Waals surface area contributed by atoms with E-state index in [4.69, 9.17) is 0 Å². The smallest absolute Gasteiger partial charge is 0.406 e. The maximum absolute atomic E-state index is 12.1. The van der Waals surface area contributed by atoms with Gasteiger partial charge in [0.2, 0.25) is 0 Å². The van der Waals surface area contributed by atoms with Crippen LogP contribution in [0.5, 0.6) is 5.75 Å². The number of halogens is 3. The van der Waals surface area contributed by atoms with E-state index in [9.17, 15) is 21.6 Å². The van der Waals surface area contributed by atoms with Crippen LogP contribution in [0.1, 0.15) is 12.8 Å². The number of anilines is 1. The molecule has 1 fully saturated rings. The summed E-state index contributed by atoms with van der Waals surface area (Å²) in [7, 11) is -3.06. The van der Waals surface area contributed by atoms with E-state index in [1.165, 1.54) is 18.2 Å². The van der Waals surface area contributed by atoms with Crippen LogP contribution in [0.15, 0.2) is 24.3 Å². The third-order valence-electron chi connectivity index (χ3n) is 2.90. The molecule has 1 saturated heterocycles. The van der Waals surface area contributed by atoms with Gasteiger partial charge in [-0.25, -0.2) is 8.42 Å². The zero-order valence-corrected chi connectivity index (χ0v) is 11.3. The minimum absolute atomic E-state index is 0.00262. The fourth-order valence-electron chi connectivity index (χ4n) is 2.16. The Bertz CT molecular complexity index is 572. The molecule has 1 aromatic carbocycles. The predicted molar refractivity (Wildman–Crippen MR) is 68.4 cm³/mol. The van der Waals surface area contributed by atoms with Crippen LogP contribution in [0.4, 0.5) is 18.9 Å². The van der Waals surface area contributed by atoms with Crippen molar-refractivity contribution < 1.29 is 26.3 Å². The number of hydrogen-bond donors (Lipinski definition) is 1. The van der Waals surface area contributed by atoms with Gasteiger partial charge < -0.3 is 10.1 Å². The van der Waals surface area contributed by atoms with Crippen molar-refractivity contribution in [3.8, 4) is 5.75 Å². The number of sulfone groups is 1. The molecule has 0 spiro atoms. The Morgan fingerprint density at radius 1 is 1.30 bits per heavy atom. The van der Waals surface area contributed by atoms with Gasteiger partial charge in [-0.3, -0.25) is 0 Å². The van der Waals surface area contributed by atoms with E-state index >= 15 is 0 Å². The van der Waals surface area contributed by atoms with Crippen LogP contribution in [0.3, 0.4) is 0 Å². The fourth-order valence-corrected chi connectivity index (χ4v) is 3.79. The maximum atomic E-state index is 12.1. The average molecular weight is 309 g/mol. The number of hydrogen-bond acceptors (Lipinski definition) is 4. The van der Waals surface area contributed by atoms with Crippen LogP contribution >= 0.6 is 0 Å². The van der Waals surface area contributed by atoms with E-state index in [1.54, 1.807) is 6.07 Å². The van der Waals surface area contributed by atoms with Gasteiger partial charge in [0.1, 0.15) is 5.75 Å². The molecule has 2 rings (SSSR count). The first-order valence-corrected chi connectivity index (χ1v) is 7.88. The molecule has 0 aromatic heterocycles. The molecule has 4 nitrogen and oxygen atoms in total. The Morgan fingerprint density at radius 3 is 2.70 bits per heavy atom. The molecular weight excluding hydrogens is 295 g/mol. The van der Waals surface area contributed by atoms with Crippen molar-refractivity contribution in [3.63, 3.8) is 0 Å². The molecule has 0 bridgehead atoms. The molecule has 1 N–H and O–H groups in total. The Morgan fingerprint density at radius 2 is 2.05 bits per heavy atom. The summed E-state index contributed by atoms with van der Waals surface area (Å²) in [6, 6.07) is 5.10. The van der Waals surface area contributed by atoms with Gasteiger partial charge in [0, 0.05) is 17.8 Å². The average Bonchev–Trinajstić information content (AvgIpc) is 2.25. The molecule has 112 valence electrons. The molecule has 1 atom stereocenters. The lowest BCUT2D eigenvalue weighted by atomic mass is 10.1.